The van der Waals surface area contributed by atoms with E-state index in [9.17, 15) is 26.0 Å². The third kappa shape index (κ3) is 3.49. The second-order valence-electron chi connectivity index (χ2n) is 8.11. The van der Waals surface area contributed by atoms with Gasteiger partial charge in [-0.3, -0.25) is 10.1 Å². The van der Waals surface area contributed by atoms with Crippen LogP contribution in [-0.4, -0.2) is 33.9 Å². The van der Waals surface area contributed by atoms with Crippen molar-refractivity contribution in [3.05, 3.63) is 77.1 Å². The van der Waals surface area contributed by atoms with Crippen LogP contribution >= 0.6 is 0 Å². The van der Waals surface area contributed by atoms with Crippen LogP contribution in [0.1, 0.15) is 47.3 Å². The number of nitrogens with zero attached hydrogens (tertiary/aromatic N) is 3. The third-order valence-electron chi connectivity index (χ3n) is 6.20. The second-order valence-corrected chi connectivity index (χ2v) is 9.96. The fourth-order valence-electron chi connectivity index (χ4n) is 4.82. The summed E-state index contributed by atoms with van der Waals surface area (Å²) in [5.74, 6) is -0.427. The Kier molecular flexibility index (Phi) is 4.86. The molecule has 11 heteroatoms. The summed E-state index contributed by atoms with van der Waals surface area (Å²) < 4.78 is 80.8. The smallest absolute Gasteiger partial charge is 0.282 e. The number of aromatic amines is 1. The SMILES string of the molecule is O=S(=O)(c1ccc(C(F)(F)F)nc1)N1[C@H]2Cc3[nH]ncc3[C@@H]1CC(c1cccc(F)c1)C2. The molecule has 3 atom stereocenters. The molecule has 32 heavy (non-hydrogen) atoms. The van der Waals surface area contributed by atoms with Crippen molar-refractivity contribution in [2.24, 2.45) is 0 Å². The first-order valence-corrected chi connectivity index (χ1v) is 11.4. The first kappa shape index (κ1) is 21.1. The van der Waals surface area contributed by atoms with Crippen molar-refractivity contribution in [1.29, 1.82) is 0 Å². The van der Waals surface area contributed by atoms with E-state index in [-0.39, 0.29) is 16.6 Å². The van der Waals surface area contributed by atoms with Gasteiger partial charge in [-0.15, -0.1) is 0 Å². The lowest BCUT2D eigenvalue weighted by atomic mass is 9.76. The van der Waals surface area contributed by atoms with Crippen LogP contribution in [0.25, 0.3) is 0 Å². The van der Waals surface area contributed by atoms with E-state index in [4.69, 9.17) is 0 Å². The Hall–Kier alpha value is -2.79. The molecular weight excluding hydrogens is 448 g/mol. The Morgan fingerprint density at radius 1 is 1.09 bits per heavy atom. The number of H-pyrrole nitrogens is 1. The number of piperidine rings is 1. The number of nitrogens with one attached hydrogen (secondary N) is 1. The zero-order valence-electron chi connectivity index (χ0n) is 16.6. The van der Waals surface area contributed by atoms with E-state index in [0.29, 0.717) is 25.3 Å². The van der Waals surface area contributed by atoms with E-state index in [0.717, 1.165) is 29.1 Å². The molecule has 5 rings (SSSR count). The molecule has 1 N–H and O–H groups in total. The summed E-state index contributed by atoms with van der Waals surface area (Å²) in [7, 11) is -4.13. The Bertz CT molecular complexity index is 1260. The lowest BCUT2D eigenvalue weighted by Crippen LogP contribution is -2.51. The highest BCUT2D eigenvalue weighted by atomic mass is 32.2. The van der Waals surface area contributed by atoms with Gasteiger partial charge in [-0.25, -0.2) is 12.8 Å². The number of benzene rings is 1. The molecule has 0 radical (unpaired) electrons. The average molecular weight is 466 g/mol. The molecule has 2 aliphatic rings. The van der Waals surface area contributed by atoms with Crippen molar-refractivity contribution in [2.75, 3.05) is 0 Å². The maximum Gasteiger partial charge on any atom is 0.433 e. The molecular formula is C21H18F4N4O2S. The van der Waals surface area contributed by atoms with Crippen LogP contribution in [0.2, 0.25) is 0 Å². The highest BCUT2D eigenvalue weighted by molar-refractivity contribution is 7.89. The monoisotopic (exact) mass is 466 g/mol. The number of hydrogen-bond donors (Lipinski definition) is 1. The maximum atomic E-state index is 13.8. The van der Waals surface area contributed by atoms with Crippen LogP contribution in [0.3, 0.4) is 0 Å². The zero-order valence-corrected chi connectivity index (χ0v) is 17.4. The standard InChI is InChI=1S/C21H18F4N4O2S/c22-14-3-1-2-12(6-14)13-7-15-9-18-17(11-27-28-18)19(8-13)29(15)32(30,31)16-4-5-20(26-10-16)21(23,24)25/h1-6,10-11,13,15,19H,7-9H2,(H,27,28)/t13?,15-,19+/m1/s1. The largest absolute Gasteiger partial charge is 0.433 e. The van der Waals surface area contributed by atoms with Crippen molar-refractivity contribution < 1.29 is 26.0 Å². The van der Waals surface area contributed by atoms with E-state index in [2.05, 4.69) is 15.2 Å². The first-order valence-electron chi connectivity index (χ1n) is 9.99. The zero-order chi connectivity index (χ0) is 22.7. The van der Waals surface area contributed by atoms with Gasteiger partial charge in [0.2, 0.25) is 10.0 Å². The third-order valence-corrected chi connectivity index (χ3v) is 8.15. The van der Waals surface area contributed by atoms with Gasteiger partial charge < -0.3 is 0 Å². The summed E-state index contributed by atoms with van der Waals surface area (Å²) in [5, 5.41) is 6.98. The number of alkyl halides is 3. The predicted molar refractivity (Wildman–Crippen MR) is 105 cm³/mol. The van der Waals surface area contributed by atoms with Gasteiger partial charge in [0.15, 0.2) is 0 Å². The van der Waals surface area contributed by atoms with Crippen molar-refractivity contribution in [3.63, 3.8) is 0 Å². The van der Waals surface area contributed by atoms with Gasteiger partial charge in [-0.2, -0.15) is 22.6 Å². The van der Waals surface area contributed by atoms with E-state index >= 15 is 0 Å². The van der Waals surface area contributed by atoms with Gasteiger partial charge in [0.1, 0.15) is 16.4 Å². The van der Waals surface area contributed by atoms with Crippen molar-refractivity contribution >= 4 is 10.0 Å². The molecule has 2 aliphatic heterocycles. The average Bonchev–Trinajstić information content (AvgIpc) is 3.21. The fourth-order valence-corrected chi connectivity index (χ4v) is 6.58. The quantitative estimate of drug-likeness (QED) is 0.587. The Morgan fingerprint density at radius 3 is 2.59 bits per heavy atom. The summed E-state index contributed by atoms with van der Waals surface area (Å²) in [6.45, 7) is 0. The van der Waals surface area contributed by atoms with Crippen molar-refractivity contribution in [3.8, 4) is 0 Å². The molecule has 1 aromatic carbocycles. The van der Waals surface area contributed by atoms with Gasteiger partial charge in [-0.05, 0) is 48.6 Å². The van der Waals surface area contributed by atoms with E-state index < -0.39 is 34.0 Å². The number of fused-ring (bicyclic) bond motifs is 4. The summed E-state index contributed by atoms with van der Waals surface area (Å²) in [6, 6.07) is 6.85. The topological polar surface area (TPSA) is 79.0 Å². The number of rotatable bonds is 3. The molecule has 0 saturated carbocycles. The number of halogens is 4. The van der Waals surface area contributed by atoms with Crippen molar-refractivity contribution in [2.45, 2.75) is 48.3 Å². The van der Waals surface area contributed by atoms with Gasteiger partial charge in [-0.1, -0.05) is 12.1 Å². The number of sulfonamides is 1. The molecule has 0 amide bonds. The molecule has 2 aromatic heterocycles. The summed E-state index contributed by atoms with van der Waals surface area (Å²) >= 11 is 0. The van der Waals surface area contributed by atoms with Crippen molar-refractivity contribution in [1.82, 2.24) is 19.5 Å². The lowest BCUT2D eigenvalue weighted by molar-refractivity contribution is -0.141. The maximum absolute atomic E-state index is 13.8. The normalized spacial score (nSPS) is 23.7. The highest BCUT2D eigenvalue weighted by Gasteiger charge is 2.48. The Balaban J connectivity index is 1.53. The summed E-state index contributed by atoms with van der Waals surface area (Å²) in [4.78, 5) is 3.03. The molecule has 4 heterocycles. The number of pyridine rings is 1. The van der Waals surface area contributed by atoms with Gasteiger partial charge in [0, 0.05) is 29.9 Å². The van der Waals surface area contributed by atoms with Crippen LogP contribution in [0, 0.1) is 5.82 Å². The van der Waals surface area contributed by atoms with Gasteiger partial charge >= 0.3 is 6.18 Å². The molecule has 1 unspecified atom stereocenters. The number of aromatic nitrogens is 3. The van der Waals surface area contributed by atoms with Crippen LogP contribution in [0.4, 0.5) is 17.6 Å². The van der Waals surface area contributed by atoms with E-state index in [1.807, 2.05) is 6.07 Å². The lowest BCUT2D eigenvalue weighted by Gasteiger charge is -2.47. The molecule has 6 nitrogen and oxygen atoms in total. The minimum Gasteiger partial charge on any atom is -0.282 e. The van der Waals surface area contributed by atoms with E-state index in [1.165, 1.54) is 16.4 Å². The number of hydrogen-bond acceptors (Lipinski definition) is 4. The molecule has 1 saturated heterocycles. The minimum absolute atomic E-state index is 0.0686. The highest BCUT2D eigenvalue weighted by Crippen LogP contribution is 2.49. The summed E-state index contributed by atoms with van der Waals surface area (Å²) in [6.07, 6.45) is -1.09. The fraction of sp³-hybridized carbons (Fsp3) is 0.333. The predicted octanol–water partition coefficient (Wildman–Crippen LogP) is 4.20. The van der Waals surface area contributed by atoms with Gasteiger partial charge in [0.05, 0.1) is 12.2 Å². The van der Waals surface area contributed by atoms with Crippen LogP contribution < -0.4 is 0 Å². The summed E-state index contributed by atoms with van der Waals surface area (Å²) in [5.41, 5.74) is 1.21. The molecule has 0 spiro atoms. The molecule has 0 aliphatic carbocycles. The van der Waals surface area contributed by atoms with Gasteiger partial charge in [0.25, 0.3) is 0 Å². The first-order chi connectivity index (χ1) is 15.1. The second kappa shape index (κ2) is 7.38. The van der Waals surface area contributed by atoms with Crippen LogP contribution in [0.15, 0.2) is 53.7 Å². The minimum atomic E-state index is -4.66. The molecule has 168 valence electrons. The molecule has 3 aromatic rings. The Morgan fingerprint density at radius 2 is 1.91 bits per heavy atom. The van der Waals surface area contributed by atoms with Crippen LogP contribution in [-0.2, 0) is 22.6 Å². The Labute approximate surface area is 181 Å². The molecule has 2 bridgehead atoms. The van der Waals surface area contributed by atoms with E-state index in [1.54, 1.807) is 12.3 Å². The van der Waals surface area contributed by atoms with Crippen LogP contribution in [0.5, 0.6) is 0 Å². The molecule has 1 fully saturated rings.